The minimum Gasteiger partial charge on any atom is -0.346 e. The lowest BCUT2D eigenvalue weighted by Crippen LogP contribution is -2.33. The topological polar surface area (TPSA) is 58.2 Å². The standard InChI is InChI=1S/C11H13ClN2O2S/c1-17-9-5-3-2-4-8(9)14-11(16)7-13-10(15)6-12/h2-5H,6-7H2,1H3,(H,13,15)(H,14,16). The Balaban J connectivity index is 2.53. The molecule has 17 heavy (non-hydrogen) atoms. The highest BCUT2D eigenvalue weighted by molar-refractivity contribution is 7.98. The van der Waals surface area contributed by atoms with Crippen molar-refractivity contribution in [3.05, 3.63) is 24.3 Å². The van der Waals surface area contributed by atoms with Gasteiger partial charge in [0, 0.05) is 4.90 Å². The zero-order valence-corrected chi connectivity index (χ0v) is 10.9. The number of hydrogen-bond donors (Lipinski definition) is 2. The van der Waals surface area contributed by atoms with Crippen molar-refractivity contribution < 1.29 is 9.59 Å². The molecule has 2 amide bonds. The molecule has 0 heterocycles. The third-order valence-electron chi connectivity index (χ3n) is 1.95. The van der Waals surface area contributed by atoms with Crippen molar-refractivity contribution in [1.82, 2.24) is 5.32 Å². The molecule has 2 N–H and O–H groups in total. The Bertz CT molecular complexity index is 412. The molecule has 0 radical (unpaired) electrons. The SMILES string of the molecule is CSc1ccccc1NC(=O)CNC(=O)CCl. The molecule has 0 aliphatic heterocycles. The van der Waals surface area contributed by atoms with E-state index in [9.17, 15) is 9.59 Å². The van der Waals surface area contributed by atoms with E-state index < -0.39 is 0 Å². The molecule has 0 saturated carbocycles. The lowest BCUT2D eigenvalue weighted by Gasteiger charge is -2.09. The molecule has 0 unspecified atom stereocenters. The van der Waals surface area contributed by atoms with Gasteiger partial charge in [0.2, 0.25) is 11.8 Å². The first kappa shape index (κ1) is 13.9. The molecule has 6 heteroatoms. The molecule has 0 bridgehead atoms. The van der Waals surface area contributed by atoms with E-state index in [2.05, 4.69) is 10.6 Å². The minimum atomic E-state index is -0.361. The van der Waals surface area contributed by atoms with E-state index >= 15 is 0 Å². The number of hydrogen-bond acceptors (Lipinski definition) is 3. The summed E-state index contributed by atoms with van der Waals surface area (Å²) in [6.07, 6.45) is 1.93. The summed E-state index contributed by atoms with van der Waals surface area (Å²) in [7, 11) is 0. The van der Waals surface area contributed by atoms with Crippen molar-refractivity contribution in [2.24, 2.45) is 0 Å². The number of alkyl halides is 1. The maximum Gasteiger partial charge on any atom is 0.243 e. The number of anilines is 1. The first-order valence-corrected chi connectivity index (χ1v) is 6.69. The van der Waals surface area contributed by atoms with E-state index in [1.807, 2.05) is 30.5 Å². The van der Waals surface area contributed by atoms with Crippen LogP contribution in [0.5, 0.6) is 0 Å². The predicted octanol–water partition coefficient (Wildman–Crippen LogP) is 1.70. The van der Waals surface area contributed by atoms with Gasteiger partial charge in [0.05, 0.1) is 12.2 Å². The predicted molar refractivity (Wildman–Crippen MR) is 70.6 cm³/mol. The van der Waals surface area contributed by atoms with Gasteiger partial charge in [-0.2, -0.15) is 0 Å². The van der Waals surface area contributed by atoms with Gasteiger partial charge in [0.25, 0.3) is 0 Å². The molecule has 0 fully saturated rings. The fraction of sp³-hybridized carbons (Fsp3) is 0.273. The van der Waals surface area contributed by atoms with Crippen LogP contribution in [0.15, 0.2) is 29.2 Å². The fourth-order valence-corrected chi connectivity index (χ4v) is 1.82. The first-order valence-electron chi connectivity index (χ1n) is 4.93. The lowest BCUT2D eigenvalue weighted by molar-refractivity contribution is -0.122. The summed E-state index contributed by atoms with van der Waals surface area (Å²) in [6.45, 7) is -0.0751. The van der Waals surface area contributed by atoms with Crippen LogP contribution in [0, 0.1) is 0 Å². The summed E-state index contributed by atoms with van der Waals surface area (Å²) in [4.78, 5) is 23.4. The van der Waals surface area contributed by atoms with E-state index in [0.29, 0.717) is 0 Å². The fourth-order valence-electron chi connectivity index (χ4n) is 1.17. The average molecular weight is 273 g/mol. The van der Waals surface area contributed by atoms with Crippen LogP contribution < -0.4 is 10.6 Å². The monoisotopic (exact) mass is 272 g/mol. The van der Waals surface area contributed by atoms with Crippen LogP contribution in [-0.2, 0) is 9.59 Å². The number of nitrogens with one attached hydrogen (secondary N) is 2. The van der Waals surface area contributed by atoms with Gasteiger partial charge in [-0.05, 0) is 18.4 Å². The smallest absolute Gasteiger partial charge is 0.243 e. The van der Waals surface area contributed by atoms with Crippen molar-refractivity contribution in [2.75, 3.05) is 24.0 Å². The Morgan fingerprint density at radius 2 is 2.00 bits per heavy atom. The summed E-state index contributed by atoms with van der Waals surface area (Å²) in [5.74, 6) is -0.778. The molecule has 0 aliphatic rings. The van der Waals surface area contributed by atoms with Crippen LogP contribution in [0.1, 0.15) is 0 Å². The van der Waals surface area contributed by atoms with E-state index in [1.54, 1.807) is 11.8 Å². The Hall–Kier alpha value is -1.20. The van der Waals surface area contributed by atoms with Gasteiger partial charge in [-0.25, -0.2) is 0 Å². The van der Waals surface area contributed by atoms with Gasteiger partial charge < -0.3 is 10.6 Å². The number of amides is 2. The second kappa shape index (κ2) is 7.19. The van der Waals surface area contributed by atoms with Crippen molar-refractivity contribution in [2.45, 2.75) is 4.90 Å². The van der Waals surface area contributed by atoms with Gasteiger partial charge in [0.1, 0.15) is 5.88 Å². The zero-order chi connectivity index (χ0) is 12.7. The molecule has 0 spiro atoms. The molecule has 0 atom stereocenters. The van der Waals surface area contributed by atoms with Gasteiger partial charge >= 0.3 is 0 Å². The van der Waals surface area contributed by atoms with E-state index in [0.717, 1.165) is 10.6 Å². The molecular weight excluding hydrogens is 260 g/mol. The highest BCUT2D eigenvalue weighted by Gasteiger charge is 2.07. The van der Waals surface area contributed by atoms with Crippen molar-refractivity contribution in [3.63, 3.8) is 0 Å². The quantitative estimate of drug-likeness (QED) is 0.634. The van der Waals surface area contributed by atoms with Gasteiger partial charge in [-0.15, -0.1) is 23.4 Å². The molecule has 4 nitrogen and oxygen atoms in total. The van der Waals surface area contributed by atoms with E-state index in [1.165, 1.54) is 0 Å². The molecular formula is C11H13ClN2O2S. The number of para-hydroxylation sites is 1. The third-order valence-corrected chi connectivity index (χ3v) is 2.99. The molecule has 1 aromatic carbocycles. The molecule has 0 aliphatic carbocycles. The lowest BCUT2D eigenvalue weighted by atomic mass is 10.3. The van der Waals surface area contributed by atoms with Crippen molar-refractivity contribution in [3.8, 4) is 0 Å². The zero-order valence-electron chi connectivity index (χ0n) is 9.33. The van der Waals surface area contributed by atoms with Crippen molar-refractivity contribution in [1.29, 1.82) is 0 Å². The van der Waals surface area contributed by atoms with Crippen LogP contribution >= 0.6 is 23.4 Å². The van der Waals surface area contributed by atoms with E-state index in [-0.39, 0.29) is 24.2 Å². The number of benzene rings is 1. The largest absolute Gasteiger partial charge is 0.346 e. The first-order chi connectivity index (χ1) is 8.17. The second-order valence-corrected chi connectivity index (χ2v) is 4.27. The average Bonchev–Trinajstić information content (AvgIpc) is 2.36. The van der Waals surface area contributed by atoms with Crippen LogP contribution in [-0.4, -0.2) is 30.5 Å². The van der Waals surface area contributed by atoms with Gasteiger partial charge in [-0.3, -0.25) is 9.59 Å². The number of carbonyl (C=O) groups is 2. The third kappa shape index (κ3) is 4.66. The maximum absolute atomic E-state index is 11.5. The molecule has 92 valence electrons. The van der Waals surface area contributed by atoms with E-state index in [4.69, 9.17) is 11.6 Å². The van der Waals surface area contributed by atoms with Crippen LogP contribution in [0.4, 0.5) is 5.69 Å². The Morgan fingerprint density at radius 1 is 1.29 bits per heavy atom. The Labute approximate surface area is 109 Å². The number of thioether (sulfide) groups is 1. The molecule has 1 rings (SSSR count). The minimum absolute atomic E-state index is 0.0751. The highest BCUT2D eigenvalue weighted by Crippen LogP contribution is 2.24. The van der Waals surface area contributed by atoms with Crippen molar-refractivity contribution >= 4 is 40.9 Å². The summed E-state index contributed by atoms with van der Waals surface area (Å²) in [5.41, 5.74) is 0.741. The van der Waals surface area contributed by atoms with Gasteiger partial charge in [-0.1, -0.05) is 12.1 Å². The number of rotatable bonds is 5. The summed E-state index contributed by atoms with van der Waals surface area (Å²) >= 11 is 6.84. The summed E-state index contributed by atoms with van der Waals surface area (Å²) in [5, 5.41) is 5.12. The molecule has 1 aromatic rings. The highest BCUT2D eigenvalue weighted by atomic mass is 35.5. The normalized spacial score (nSPS) is 9.76. The Morgan fingerprint density at radius 3 is 2.65 bits per heavy atom. The second-order valence-electron chi connectivity index (χ2n) is 3.16. The van der Waals surface area contributed by atoms with Crippen LogP contribution in [0.25, 0.3) is 0 Å². The van der Waals surface area contributed by atoms with Crippen LogP contribution in [0.3, 0.4) is 0 Å². The summed E-state index contributed by atoms with van der Waals surface area (Å²) in [6, 6.07) is 7.47. The number of halogens is 1. The number of carbonyl (C=O) groups excluding carboxylic acids is 2. The maximum atomic E-state index is 11.5. The molecule has 0 saturated heterocycles. The van der Waals surface area contributed by atoms with Crippen LogP contribution in [0.2, 0.25) is 0 Å². The Kier molecular flexibility index (Phi) is 5.86. The molecule has 0 aromatic heterocycles. The summed E-state index contributed by atoms with van der Waals surface area (Å²) < 4.78 is 0. The van der Waals surface area contributed by atoms with Gasteiger partial charge in [0.15, 0.2) is 0 Å².